The lowest BCUT2D eigenvalue weighted by atomic mass is 10.1. The van der Waals surface area contributed by atoms with Crippen LogP contribution in [0.1, 0.15) is 28.1 Å². The summed E-state index contributed by atoms with van der Waals surface area (Å²) in [6, 6.07) is 7.98. The Morgan fingerprint density at radius 1 is 1.25 bits per heavy atom. The quantitative estimate of drug-likeness (QED) is 0.840. The third-order valence-electron chi connectivity index (χ3n) is 3.60. The molecule has 0 fully saturated rings. The van der Waals surface area contributed by atoms with Gasteiger partial charge in [0.05, 0.1) is 12.1 Å². The lowest BCUT2D eigenvalue weighted by molar-refractivity contribution is -0.137. The lowest BCUT2D eigenvalue weighted by Gasteiger charge is -2.15. The third-order valence-corrected chi connectivity index (χ3v) is 4.67. The molecular weight excluding hydrogens is 326 g/mol. The van der Waals surface area contributed by atoms with Crippen LogP contribution in [0.15, 0.2) is 24.3 Å². The summed E-state index contributed by atoms with van der Waals surface area (Å²) in [7, 11) is 1.56. The van der Waals surface area contributed by atoms with E-state index in [1.165, 1.54) is 27.4 Å². The zero-order valence-electron chi connectivity index (χ0n) is 14.0. The number of anilines is 1. The van der Waals surface area contributed by atoms with Crippen LogP contribution in [0, 0.1) is 13.8 Å². The minimum absolute atomic E-state index is 0.0838. The fourth-order valence-electron chi connectivity index (χ4n) is 2.09. The molecule has 2 N–H and O–H groups in total. The molecule has 2 aromatic rings. The lowest BCUT2D eigenvalue weighted by Crippen LogP contribution is -2.33. The fourth-order valence-corrected chi connectivity index (χ4v) is 3.08. The van der Waals surface area contributed by atoms with E-state index in [1.54, 1.807) is 7.05 Å². The summed E-state index contributed by atoms with van der Waals surface area (Å²) in [5, 5.41) is 11.9. The van der Waals surface area contributed by atoms with Gasteiger partial charge in [-0.15, -0.1) is 11.3 Å². The predicted octanol–water partition coefficient (Wildman–Crippen LogP) is 3.29. The molecule has 1 aromatic heterocycles. The minimum Gasteiger partial charge on any atom is -0.481 e. The number of carboxylic acid groups (broad SMARTS) is 1. The highest BCUT2D eigenvalue weighted by Crippen LogP contribution is 2.25. The number of hydrogen-bond donors (Lipinski definition) is 2. The van der Waals surface area contributed by atoms with E-state index in [4.69, 9.17) is 5.11 Å². The molecule has 2 amide bonds. The molecule has 2 rings (SSSR count). The number of carbonyl (C=O) groups is 2. The number of aliphatic carboxylic acids is 1. The predicted molar refractivity (Wildman–Crippen MR) is 94.7 cm³/mol. The van der Waals surface area contributed by atoms with Crippen LogP contribution < -0.4 is 5.32 Å². The van der Waals surface area contributed by atoms with Crippen molar-refractivity contribution in [2.24, 2.45) is 0 Å². The monoisotopic (exact) mass is 347 g/mol. The van der Waals surface area contributed by atoms with E-state index in [-0.39, 0.29) is 19.0 Å². The van der Waals surface area contributed by atoms with Crippen LogP contribution in [0.2, 0.25) is 0 Å². The molecule has 0 radical (unpaired) electrons. The van der Waals surface area contributed by atoms with Crippen LogP contribution >= 0.6 is 11.3 Å². The SMILES string of the molecule is Cc1ccc(Cc2sc(NC(=O)N(C)CCC(=O)O)nc2C)cc1. The summed E-state index contributed by atoms with van der Waals surface area (Å²) in [6.07, 6.45) is 0.688. The minimum atomic E-state index is -0.930. The molecule has 0 aliphatic rings. The molecule has 0 saturated carbocycles. The molecule has 0 aliphatic carbocycles. The van der Waals surface area contributed by atoms with Gasteiger partial charge < -0.3 is 10.0 Å². The maximum atomic E-state index is 12.0. The van der Waals surface area contributed by atoms with Crippen molar-refractivity contribution in [2.75, 3.05) is 18.9 Å². The summed E-state index contributed by atoms with van der Waals surface area (Å²) >= 11 is 1.44. The molecule has 0 aliphatic heterocycles. The largest absolute Gasteiger partial charge is 0.481 e. The second-order valence-electron chi connectivity index (χ2n) is 5.69. The summed E-state index contributed by atoms with van der Waals surface area (Å²) in [4.78, 5) is 29.4. The number of carboxylic acids is 1. The van der Waals surface area contributed by atoms with Crippen LogP contribution in [0.4, 0.5) is 9.93 Å². The average Bonchev–Trinajstić information content (AvgIpc) is 2.86. The molecule has 6 nitrogen and oxygen atoms in total. The highest BCUT2D eigenvalue weighted by atomic mass is 32.1. The zero-order valence-corrected chi connectivity index (χ0v) is 14.8. The maximum Gasteiger partial charge on any atom is 0.323 e. The van der Waals surface area contributed by atoms with Gasteiger partial charge in [-0.05, 0) is 19.4 Å². The first kappa shape index (κ1) is 17.9. The van der Waals surface area contributed by atoms with Gasteiger partial charge in [0.25, 0.3) is 0 Å². The van der Waals surface area contributed by atoms with Crippen LogP contribution in [0.25, 0.3) is 0 Å². The molecule has 1 heterocycles. The van der Waals surface area contributed by atoms with Crippen molar-refractivity contribution in [1.29, 1.82) is 0 Å². The number of aryl methyl sites for hydroxylation is 2. The van der Waals surface area contributed by atoms with E-state index in [0.717, 1.165) is 17.0 Å². The van der Waals surface area contributed by atoms with Crippen molar-refractivity contribution in [3.05, 3.63) is 46.0 Å². The number of hydrogen-bond acceptors (Lipinski definition) is 4. The number of nitrogens with zero attached hydrogens (tertiary/aromatic N) is 2. The standard InChI is InChI=1S/C17H21N3O3S/c1-11-4-6-13(7-5-11)10-14-12(2)18-16(24-14)19-17(23)20(3)9-8-15(21)22/h4-7H,8-10H2,1-3H3,(H,21,22)(H,18,19,23). The molecule has 0 saturated heterocycles. The second kappa shape index (κ2) is 7.92. The maximum absolute atomic E-state index is 12.0. The van der Waals surface area contributed by atoms with Gasteiger partial charge in [-0.2, -0.15) is 0 Å². The Balaban J connectivity index is 1.99. The van der Waals surface area contributed by atoms with Gasteiger partial charge in [0.2, 0.25) is 0 Å². The average molecular weight is 347 g/mol. The molecule has 0 bridgehead atoms. The van der Waals surface area contributed by atoms with Gasteiger partial charge >= 0.3 is 12.0 Å². The first-order valence-corrected chi connectivity index (χ1v) is 8.42. The first-order chi connectivity index (χ1) is 11.3. The Hall–Kier alpha value is -2.41. The van der Waals surface area contributed by atoms with Crippen LogP contribution in [-0.2, 0) is 11.2 Å². The summed E-state index contributed by atoms with van der Waals surface area (Å²) in [6.45, 7) is 4.13. The van der Waals surface area contributed by atoms with Crippen molar-refractivity contribution >= 4 is 28.5 Å². The number of aromatic nitrogens is 1. The Morgan fingerprint density at radius 3 is 2.54 bits per heavy atom. The normalized spacial score (nSPS) is 10.5. The van der Waals surface area contributed by atoms with Crippen molar-refractivity contribution in [3.8, 4) is 0 Å². The van der Waals surface area contributed by atoms with E-state index in [2.05, 4.69) is 41.5 Å². The Labute approximate surface area is 145 Å². The van der Waals surface area contributed by atoms with Gasteiger partial charge in [0, 0.05) is 24.9 Å². The van der Waals surface area contributed by atoms with Gasteiger partial charge in [0.1, 0.15) is 0 Å². The molecule has 0 spiro atoms. The summed E-state index contributed by atoms with van der Waals surface area (Å²) in [5.41, 5.74) is 3.31. The number of nitrogens with one attached hydrogen (secondary N) is 1. The Kier molecular flexibility index (Phi) is 5.92. The smallest absolute Gasteiger partial charge is 0.323 e. The van der Waals surface area contributed by atoms with Gasteiger partial charge in [0.15, 0.2) is 5.13 Å². The first-order valence-electron chi connectivity index (χ1n) is 7.61. The number of benzene rings is 1. The highest BCUT2D eigenvalue weighted by Gasteiger charge is 2.14. The van der Waals surface area contributed by atoms with Crippen molar-refractivity contribution in [3.63, 3.8) is 0 Å². The summed E-state index contributed by atoms with van der Waals surface area (Å²) in [5.74, 6) is -0.930. The zero-order chi connectivity index (χ0) is 17.7. The number of carbonyl (C=O) groups excluding carboxylic acids is 1. The Morgan fingerprint density at radius 2 is 1.92 bits per heavy atom. The van der Waals surface area contributed by atoms with Crippen LogP contribution in [-0.4, -0.2) is 40.6 Å². The fraction of sp³-hybridized carbons (Fsp3) is 0.353. The van der Waals surface area contributed by atoms with Gasteiger partial charge in [-0.25, -0.2) is 9.78 Å². The van der Waals surface area contributed by atoms with Crippen molar-refractivity contribution in [2.45, 2.75) is 26.7 Å². The van der Waals surface area contributed by atoms with Gasteiger partial charge in [-0.3, -0.25) is 10.1 Å². The molecule has 0 unspecified atom stereocenters. The third kappa shape index (κ3) is 5.06. The second-order valence-corrected chi connectivity index (χ2v) is 6.77. The number of thiazole rings is 1. The van der Waals surface area contributed by atoms with Crippen LogP contribution in [0.5, 0.6) is 0 Å². The highest BCUT2D eigenvalue weighted by molar-refractivity contribution is 7.15. The molecular formula is C17H21N3O3S. The molecule has 128 valence electrons. The van der Waals surface area contributed by atoms with Crippen LogP contribution in [0.3, 0.4) is 0 Å². The van der Waals surface area contributed by atoms with E-state index < -0.39 is 5.97 Å². The van der Waals surface area contributed by atoms with E-state index in [1.807, 2.05) is 6.92 Å². The number of urea groups is 1. The molecule has 24 heavy (non-hydrogen) atoms. The number of rotatable bonds is 6. The summed E-state index contributed by atoms with van der Waals surface area (Å²) < 4.78 is 0. The molecule has 7 heteroatoms. The molecule has 1 aromatic carbocycles. The van der Waals surface area contributed by atoms with Gasteiger partial charge in [-0.1, -0.05) is 29.8 Å². The van der Waals surface area contributed by atoms with E-state index in [0.29, 0.717) is 5.13 Å². The number of amides is 2. The Bertz CT molecular complexity index is 725. The van der Waals surface area contributed by atoms with Crippen molar-refractivity contribution in [1.82, 2.24) is 9.88 Å². The van der Waals surface area contributed by atoms with Crippen molar-refractivity contribution < 1.29 is 14.7 Å². The topological polar surface area (TPSA) is 82.5 Å². The molecule has 0 atom stereocenters. The van der Waals surface area contributed by atoms with E-state index >= 15 is 0 Å². The van der Waals surface area contributed by atoms with E-state index in [9.17, 15) is 9.59 Å².